The molecule has 0 radical (unpaired) electrons. The summed E-state index contributed by atoms with van der Waals surface area (Å²) in [6, 6.07) is 7.63. The van der Waals surface area contributed by atoms with Gasteiger partial charge in [-0.1, -0.05) is 0 Å². The molecule has 11 nitrogen and oxygen atoms in total. The largest absolute Gasteiger partial charge is 0.489 e. The molecule has 1 atom stereocenters. The molecule has 236 valence electrons. The van der Waals surface area contributed by atoms with Gasteiger partial charge < -0.3 is 29.7 Å². The van der Waals surface area contributed by atoms with Gasteiger partial charge in [-0.15, -0.1) is 0 Å². The molecule has 2 N–H and O–H groups in total. The number of piperazine rings is 1. The average Bonchev–Trinajstić information content (AvgIpc) is 3.02. The van der Waals surface area contributed by atoms with Crippen LogP contribution in [-0.4, -0.2) is 102 Å². The minimum Gasteiger partial charge on any atom is -0.489 e. The summed E-state index contributed by atoms with van der Waals surface area (Å²) in [6.07, 6.45) is 7.16. The van der Waals surface area contributed by atoms with Gasteiger partial charge in [0.25, 0.3) is 0 Å². The summed E-state index contributed by atoms with van der Waals surface area (Å²) in [5, 5.41) is 7.03. The number of benzene rings is 2. The van der Waals surface area contributed by atoms with E-state index in [9.17, 15) is 4.57 Å². The molecule has 2 aromatic heterocycles. The molecule has 3 aliphatic heterocycles. The third-order valence-electron chi connectivity index (χ3n) is 8.87. The van der Waals surface area contributed by atoms with Crippen LogP contribution >= 0.6 is 23.1 Å². The highest BCUT2D eigenvalue weighted by atomic mass is 79.9. The van der Waals surface area contributed by atoms with Crippen LogP contribution in [0.3, 0.4) is 0 Å². The predicted octanol–water partition coefficient (Wildman–Crippen LogP) is 5.03. The van der Waals surface area contributed by atoms with Crippen molar-refractivity contribution in [3.63, 3.8) is 0 Å². The van der Waals surface area contributed by atoms with E-state index in [1.54, 1.807) is 38.0 Å². The number of piperidine rings is 1. The van der Waals surface area contributed by atoms with Crippen molar-refractivity contribution in [2.45, 2.75) is 24.9 Å². The van der Waals surface area contributed by atoms with Crippen LogP contribution in [0.15, 0.2) is 47.3 Å². The van der Waals surface area contributed by atoms with Crippen molar-refractivity contribution in [3.8, 4) is 5.75 Å². The van der Waals surface area contributed by atoms with E-state index in [-0.39, 0.29) is 17.8 Å². The van der Waals surface area contributed by atoms with Gasteiger partial charge in [0.2, 0.25) is 5.95 Å². The summed E-state index contributed by atoms with van der Waals surface area (Å²) in [7, 11) is -0.583. The zero-order valence-electron chi connectivity index (χ0n) is 25.5. The van der Waals surface area contributed by atoms with E-state index in [1.807, 2.05) is 12.1 Å². The van der Waals surface area contributed by atoms with Crippen molar-refractivity contribution >= 4 is 68.2 Å². The number of fused-ring (bicyclic) bond motifs is 4. The fourth-order valence-corrected chi connectivity index (χ4v) is 8.35. The second kappa shape index (κ2) is 12.1. The predicted molar refractivity (Wildman–Crippen MR) is 180 cm³/mol. The summed E-state index contributed by atoms with van der Waals surface area (Å²) in [6.45, 7) is 8.74. The Morgan fingerprint density at radius 2 is 1.82 bits per heavy atom. The molecule has 45 heavy (non-hydrogen) atoms. The second-order valence-corrected chi connectivity index (χ2v) is 16.4. The van der Waals surface area contributed by atoms with Gasteiger partial charge in [-0.2, -0.15) is 4.98 Å². The van der Waals surface area contributed by atoms with Gasteiger partial charge in [0, 0.05) is 56.0 Å². The van der Waals surface area contributed by atoms with E-state index in [0.29, 0.717) is 62.1 Å². The lowest BCUT2D eigenvalue weighted by Crippen LogP contribution is -2.60. The molecule has 0 aliphatic carbocycles. The quantitative estimate of drug-likeness (QED) is 0.265. The smallest absolute Gasteiger partial charge is 0.229 e. The summed E-state index contributed by atoms with van der Waals surface area (Å²) in [5.41, 5.74) is 2.86. The molecule has 0 amide bonds. The number of rotatable bonds is 6. The van der Waals surface area contributed by atoms with Crippen molar-refractivity contribution in [2.24, 2.45) is 0 Å². The van der Waals surface area contributed by atoms with Gasteiger partial charge in [-0.3, -0.25) is 14.9 Å². The number of hydrogen-bond donors (Lipinski definition) is 2. The zero-order valence-corrected chi connectivity index (χ0v) is 28.0. The third kappa shape index (κ3) is 6.10. The Balaban J connectivity index is 1.10. The van der Waals surface area contributed by atoms with E-state index in [4.69, 9.17) is 4.74 Å². The molecule has 0 saturated carbocycles. The summed E-state index contributed by atoms with van der Waals surface area (Å²) < 4.78 is 35.8. The number of hydrogen-bond acceptors (Lipinski definition) is 11. The first kappa shape index (κ1) is 30.3. The van der Waals surface area contributed by atoms with Gasteiger partial charge in [-0.05, 0) is 80.4 Å². The van der Waals surface area contributed by atoms with E-state index in [1.165, 1.54) is 18.9 Å². The minimum atomic E-state index is -2.76. The van der Waals surface area contributed by atoms with Crippen molar-refractivity contribution < 1.29 is 13.7 Å². The first-order valence-corrected chi connectivity index (χ1v) is 18.5. The Morgan fingerprint density at radius 3 is 2.62 bits per heavy atom. The van der Waals surface area contributed by atoms with E-state index in [2.05, 4.69) is 68.2 Å². The Bertz CT molecular complexity index is 1800. The zero-order chi connectivity index (χ0) is 31.3. The van der Waals surface area contributed by atoms with Crippen molar-refractivity contribution in [3.05, 3.63) is 53.1 Å². The monoisotopic (exact) mass is 695 g/mol. The molecule has 0 spiro atoms. The van der Waals surface area contributed by atoms with Gasteiger partial charge in [0.15, 0.2) is 5.82 Å². The topological polar surface area (TPSA) is 112 Å². The Labute approximate surface area is 270 Å². The maximum Gasteiger partial charge on any atom is 0.229 e. The lowest BCUT2D eigenvalue weighted by Gasteiger charge is -2.48. The van der Waals surface area contributed by atoms with Crippen molar-refractivity contribution in [1.82, 2.24) is 29.7 Å². The van der Waals surface area contributed by atoms with Crippen LogP contribution in [0.4, 0.5) is 33.2 Å². The molecular formula is C31H36BrFN9O2P. The normalized spacial score (nSPS) is 19.6. The van der Waals surface area contributed by atoms with Crippen molar-refractivity contribution in [1.29, 1.82) is 0 Å². The maximum atomic E-state index is 15.7. The Kier molecular flexibility index (Phi) is 8.14. The van der Waals surface area contributed by atoms with Gasteiger partial charge in [0.05, 0.1) is 27.0 Å². The molecule has 4 aromatic rings. The maximum absolute atomic E-state index is 15.7. The lowest BCUT2D eigenvalue weighted by molar-refractivity contribution is 0.0863. The first-order chi connectivity index (χ1) is 21.6. The van der Waals surface area contributed by atoms with Crippen LogP contribution in [0.5, 0.6) is 5.75 Å². The van der Waals surface area contributed by atoms with Gasteiger partial charge in [-0.25, -0.2) is 9.37 Å². The molecule has 5 heterocycles. The Hall–Kier alpha value is -3.38. The van der Waals surface area contributed by atoms with Gasteiger partial charge in [0.1, 0.15) is 36.5 Å². The van der Waals surface area contributed by atoms with Crippen LogP contribution in [0.25, 0.3) is 11.0 Å². The van der Waals surface area contributed by atoms with Crippen LogP contribution in [0.2, 0.25) is 0 Å². The first-order valence-electron chi connectivity index (χ1n) is 15.2. The molecule has 14 heteroatoms. The molecule has 2 saturated heterocycles. The lowest BCUT2D eigenvalue weighted by atomic mass is 10.00. The number of anilines is 5. The van der Waals surface area contributed by atoms with E-state index >= 15 is 4.39 Å². The molecule has 3 aliphatic rings. The van der Waals surface area contributed by atoms with Crippen LogP contribution in [-0.2, 0) is 4.57 Å². The summed E-state index contributed by atoms with van der Waals surface area (Å²) in [5.74, 6) is 0.885. The van der Waals surface area contributed by atoms with E-state index < -0.39 is 7.14 Å². The molecule has 0 bridgehead atoms. The van der Waals surface area contributed by atoms with Crippen molar-refractivity contribution in [2.75, 3.05) is 75.2 Å². The number of nitrogens with zero attached hydrogens (tertiary/aromatic N) is 7. The molecule has 7 rings (SSSR count). The van der Waals surface area contributed by atoms with Crippen LogP contribution in [0.1, 0.15) is 12.8 Å². The van der Waals surface area contributed by atoms with Crippen LogP contribution < -0.4 is 25.6 Å². The number of ether oxygens (including phenoxy) is 1. The summed E-state index contributed by atoms with van der Waals surface area (Å²) >= 11 is 3.52. The highest BCUT2D eigenvalue weighted by Gasteiger charge is 2.37. The minimum absolute atomic E-state index is 0.121. The third-order valence-corrected chi connectivity index (χ3v) is 11.0. The molecule has 1 unspecified atom stereocenters. The average molecular weight is 697 g/mol. The Morgan fingerprint density at radius 1 is 1.02 bits per heavy atom. The summed E-state index contributed by atoms with van der Waals surface area (Å²) in [4.78, 5) is 25.0. The number of nitrogens with one attached hydrogen (secondary N) is 2. The van der Waals surface area contributed by atoms with Gasteiger partial charge >= 0.3 is 0 Å². The number of halogens is 2. The molecule has 2 fully saturated rings. The second-order valence-electron chi connectivity index (χ2n) is 12.4. The van der Waals surface area contributed by atoms with E-state index in [0.717, 1.165) is 32.7 Å². The van der Waals surface area contributed by atoms with Crippen LogP contribution in [0, 0.1) is 5.82 Å². The molecule has 2 aromatic carbocycles. The fraction of sp³-hybridized carbons (Fsp3) is 0.419. The SMILES string of the molecule is CN1CCC(N2CCN3c4c(F)cc(Nc5ncc(Br)c(Nc6ccc7nccnc7c6P(C)(C)=O)n5)cc4OCC3C2)CC1. The fourth-order valence-electron chi connectivity index (χ4n) is 6.67. The standard InChI is InChI=1S/C31H36BrFN9O2P/c1-40-10-6-20(7-11-40)41-12-13-42-21(17-41)18-44-26-15-19(14-23(33)28(26)42)37-31-36-16-22(32)30(39-31)38-25-5-4-24-27(35-9-8-34-24)29(25)45(2,3)43/h4-5,8-9,14-16,20-21H,6-7,10-13,17-18H2,1-3H3,(H2,36,37,38,39). The number of likely N-dealkylation sites (tertiary alicyclic amines) is 1. The number of aromatic nitrogens is 4. The highest BCUT2D eigenvalue weighted by molar-refractivity contribution is 9.10. The molecular weight excluding hydrogens is 660 g/mol. The highest BCUT2D eigenvalue weighted by Crippen LogP contribution is 2.42.